The summed E-state index contributed by atoms with van der Waals surface area (Å²) >= 11 is 0. The van der Waals surface area contributed by atoms with E-state index in [1.54, 1.807) is 32.3 Å². The summed E-state index contributed by atoms with van der Waals surface area (Å²) in [5, 5.41) is 14.3. The van der Waals surface area contributed by atoms with Crippen LogP contribution in [0.25, 0.3) is 0 Å². The number of urea groups is 1. The molecule has 126 valence electrons. The fraction of sp³-hybridized carbons (Fsp3) is 0.438. The largest absolute Gasteiger partial charge is 0.480 e. The van der Waals surface area contributed by atoms with E-state index in [9.17, 15) is 14.4 Å². The third-order valence-electron chi connectivity index (χ3n) is 3.23. The molecule has 0 saturated carbocycles. The van der Waals surface area contributed by atoms with Crippen LogP contribution in [0.3, 0.4) is 0 Å². The Kier molecular flexibility index (Phi) is 7.05. The molecule has 1 aromatic carbocycles. The maximum Gasteiger partial charge on any atom is 0.326 e. The van der Waals surface area contributed by atoms with Gasteiger partial charge in [-0.15, -0.1) is 0 Å². The van der Waals surface area contributed by atoms with Crippen LogP contribution in [-0.2, 0) is 4.79 Å². The first-order valence-electron chi connectivity index (χ1n) is 7.47. The lowest BCUT2D eigenvalue weighted by molar-refractivity contribution is -0.139. The van der Waals surface area contributed by atoms with Gasteiger partial charge in [0.05, 0.1) is 0 Å². The number of benzene rings is 1. The van der Waals surface area contributed by atoms with Crippen molar-refractivity contribution in [1.29, 1.82) is 0 Å². The van der Waals surface area contributed by atoms with Gasteiger partial charge in [-0.1, -0.05) is 25.8 Å². The molecule has 0 spiro atoms. The molecular formula is C16H23N3O4. The van der Waals surface area contributed by atoms with Crippen LogP contribution in [0.4, 0.5) is 10.5 Å². The number of aliphatic carboxylic acids is 1. The highest BCUT2D eigenvalue weighted by molar-refractivity contribution is 5.98. The van der Waals surface area contributed by atoms with Crippen molar-refractivity contribution in [3.63, 3.8) is 0 Å². The Morgan fingerprint density at radius 3 is 2.52 bits per heavy atom. The molecule has 7 heteroatoms. The lowest BCUT2D eigenvalue weighted by Crippen LogP contribution is -2.40. The maximum absolute atomic E-state index is 12.2. The number of carboxylic acids is 1. The van der Waals surface area contributed by atoms with Crippen molar-refractivity contribution < 1.29 is 19.5 Å². The zero-order valence-corrected chi connectivity index (χ0v) is 13.6. The van der Waals surface area contributed by atoms with E-state index >= 15 is 0 Å². The Labute approximate surface area is 135 Å². The molecule has 0 aliphatic heterocycles. The fourth-order valence-electron chi connectivity index (χ4n) is 1.88. The summed E-state index contributed by atoms with van der Waals surface area (Å²) in [6.45, 7) is 1.96. The van der Waals surface area contributed by atoms with Gasteiger partial charge in [0, 0.05) is 25.3 Å². The highest BCUT2D eigenvalue weighted by Crippen LogP contribution is 2.12. The molecule has 0 radical (unpaired) electrons. The zero-order valence-electron chi connectivity index (χ0n) is 13.6. The average Bonchev–Trinajstić information content (AvgIpc) is 2.51. The Morgan fingerprint density at radius 2 is 1.96 bits per heavy atom. The van der Waals surface area contributed by atoms with E-state index in [-0.39, 0.29) is 6.03 Å². The van der Waals surface area contributed by atoms with Gasteiger partial charge >= 0.3 is 12.0 Å². The van der Waals surface area contributed by atoms with E-state index in [1.165, 1.54) is 11.0 Å². The highest BCUT2D eigenvalue weighted by Gasteiger charge is 2.20. The smallest absolute Gasteiger partial charge is 0.326 e. The normalized spacial score (nSPS) is 11.4. The molecule has 1 atom stereocenters. The van der Waals surface area contributed by atoms with E-state index in [2.05, 4.69) is 10.6 Å². The van der Waals surface area contributed by atoms with Gasteiger partial charge in [-0.2, -0.15) is 0 Å². The highest BCUT2D eigenvalue weighted by atomic mass is 16.4. The molecule has 0 unspecified atom stereocenters. The number of hydrogen-bond donors (Lipinski definition) is 3. The number of anilines is 1. The minimum Gasteiger partial charge on any atom is -0.480 e. The summed E-state index contributed by atoms with van der Waals surface area (Å²) in [6, 6.07) is 5.14. The molecule has 1 aromatic rings. The van der Waals surface area contributed by atoms with Crippen LogP contribution < -0.4 is 10.6 Å². The number of rotatable bonds is 7. The SMILES string of the molecule is CCCC[C@H](NC(=O)c1cccc(NC(=O)N(C)C)c1)C(=O)O. The molecule has 0 fully saturated rings. The van der Waals surface area contributed by atoms with Gasteiger partial charge in [-0.05, 0) is 24.6 Å². The monoisotopic (exact) mass is 321 g/mol. The molecule has 3 N–H and O–H groups in total. The number of nitrogens with one attached hydrogen (secondary N) is 2. The molecule has 0 saturated heterocycles. The van der Waals surface area contributed by atoms with Gasteiger partial charge < -0.3 is 20.6 Å². The summed E-state index contributed by atoms with van der Waals surface area (Å²) in [7, 11) is 3.22. The molecule has 7 nitrogen and oxygen atoms in total. The molecule has 23 heavy (non-hydrogen) atoms. The van der Waals surface area contributed by atoms with Gasteiger partial charge in [0.2, 0.25) is 0 Å². The quantitative estimate of drug-likeness (QED) is 0.716. The van der Waals surface area contributed by atoms with Crippen molar-refractivity contribution in [3.8, 4) is 0 Å². The first-order valence-corrected chi connectivity index (χ1v) is 7.47. The molecule has 0 aliphatic rings. The van der Waals surface area contributed by atoms with Gasteiger partial charge in [0.1, 0.15) is 6.04 Å². The van der Waals surface area contributed by atoms with Crippen molar-refractivity contribution in [3.05, 3.63) is 29.8 Å². The first-order chi connectivity index (χ1) is 10.8. The maximum atomic E-state index is 12.2. The van der Waals surface area contributed by atoms with E-state index < -0.39 is 17.9 Å². The minimum atomic E-state index is -1.05. The van der Waals surface area contributed by atoms with E-state index in [1.807, 2.05) is 6.92 Å². The second-order valence-electron chi connectivity index (χ2n) is 5.41. The third kappa shape index (κ3) is 5.98. The number of unbranched alkanes of at least 4 members (excludes halogenated alkanes) is 1. The second-order valence-corrected chi connectivity index (χ2v) is 5.41. The van der Waals surface area contributed by atoms with Crippen molar-refractivity contribution >= 4 is 23.6 Å². The van der Waals surface area contributed by atoms with Crippen molar-refractivity contribution in [1.82, 2.24) is 10.2 Å². The van der Waals surface area contributed by atoms with Gasteiger partial charge in [-0.25, -0.2) is 9.59 Å². The zero-order chi connectivity index (χ0) is 17.4. The van der Waals surface area contributed by atoms with E-state index in [0.717, 1.165) is 12.8 Å². The standard InChI is InChI=1S/C16H23N3O4/c1-4-5-9-13(15(21)22)18-14(20)11-7-6-8-12(10-11)17-16(23)19(2)3/h6-8,10,13H,4-5,9H2,1-3H3,(H,17,23)(H,18,20)(H,21,22)/t13-/m0/s1. The van der Waals surface area contributed by atoms with Crippen LogP contribution in [0.1, 0.15) is 36.5 Å². The predicted octanol–water partition coefficient (Wildman–Crippen LogP) is 2.15. The van der Waals surface area contributed by atoms with Gasteiger partial charge in [-0.3, -0.25) is 4.79 Å². The number of nitrogens with zero attached hydrogens (tertiary/aromatic N) is 1. The minimum absolute atomic E-state index is 0.296. The van der Waals surface area contributed by atoms with Crippen LogP contribution in [-0.4, -0.2) is 48.1 Å². The number of carboxylic acid groups (broad SMARTS) is 1. The summed E-state index contributed by atoms with van der Waals surface area (Å²) in [6.07, 6.45) is 1.95. The molecule has 0 aliphatic carbocycles. The number of hydrogen-bond acceptors (Lipinski definition) is 3. The van der Waals surface area contributed by atoms with Crippen LogP contribution in [0.5, 0.6) is 0 Å². The number of amides is 3. The van der Waals surface area contributed by atoms with Crippen molar-refractivity contribution in [2.75, 3.05) is 19.4 Å². The van der Waals surface area contributed by atoms with Crippen molar-refractivity contribution in [2.24, 2.45) is 0 Å². The molecular weight excluding hydrogens is 298 g/mol. The number of carbonyl (C=O) groups is 3. The third-order valence-corrected chi connectivity index (χ3v) is 3.23. The van der Waals surface area contributed by atoms with Crippen LogP contribution in [0, 0.1) is 0 Å². The molecule has 0 bridgehead atoms. The van der Waals surface area contributed by atoms with Crippen LogP contribution in [0.15, 0.2) is 24.3 Å². The average molecular weight is 321 g/mol. The molecule has 0 heterocycles. The first kappa shape index (κ1) is 18.5. The Hall–Kier alpha value is -2.57. The van der Waals surface area contributed by atoms with Crippen molar-refractivity contribution in [2.45, 2.75) is 32.2 Å². The topological polar surface area (TPSA) is 98.7 Å². The second kappa shape index (κ2) is 8.77. The Balaban J connectivity index is 2.79. The summed E-state index contributed by atoms with van der Waals surface area (Å²) in [5.74, 6) is -1.53. The van der Waals surface area contributed by atoms with E-state index in [4.69, 9.17) is 5.11 Å². The molecule has 1 rings (SSSR count). The predicted molar refractivity (Wildman–Crippen MR) is 87.6 cm³/mol. The number of carbonyl (C=O) groups excluding carboxylic acids is 2. The van der Waals surface area contributed by atoms with Gasteiger partial charge in [0.25, 0.3) is 5.91 Å². The Morgan fingerprint density at radius 1 is 1.26 bits per heavy atom. The van der Waals surface area contributed by atoms with Crippen LogP contribution in [0.2, 0.25) is 0 Å². The lowest BCUT2D eigenvalue weighted by Gasteiger charge is -2.15. The summed E-state index contributed by atoms with van der Waals surface area (Å²) < 4.78 is 0. The fourth-order valence-corrected chi connectivity index (χ4v) is 1.88. The van der Waals surface area contributed by atoms with Gasteiger partial charge in [0.15, 0.2) is 0 Å². The summed E-state index contributed by atoms with van der Waals surface area (Å²) in [5.41, 5.74) is 0.765. The molecule has 3 amide bonds. The molecule has 0 aromatic heterocycles. The van der Waals surface area contributed by atoms with E-state index in [0.29, 0.717) is 17.7 Å². The Bertz CT molecular complexity index is 572. The lowest BCUT2D eigenvalue weighted by atomic mass is 10.1. The summed E-state index contributed by atoms with van der Waals surface area (Å²) in [4.78, 5) is 36.4. The van der Waals surface area contributed by atoms with Crippen LogP contribution >= 0.6 is 0 Å².